The Labute approximate surface area is 120 Å². The van der Waals surface area contributed by atoms with Gasteiger partial charge in [0.1, 0.15) is 0 Å². The van der Waals surface area contributed by atoms with Crippen LogP contribution in [0.3, 0.4) is 0 Å². The van der Waals surface area contributed by atoms with Crippen LogP contribution in [0.15, 0.2) is 16.7 Å². The number of nitrogens with zero attached hydrogens (tertiary/aromatic N) is 2. The molecule has 3 N–H and O–H groups in total. The molecule has 1 saturated carbocycles. The van der Waals surface area contributed by atoms with Gasteiger partial charge in [-0.05, 0) is 46.7 Å². The highest BCUT2D eigenvalue weighted by Crippen LogP contribution is 2.38. The molecule has 1 saturated heterocycles. The summed E-state index contributed by atoms with van der Waals surface area (Å²) in [6.07, 6.45) is 5.45. The van der Waals surface area contributed by atoms with Gasteiger partial charge in [-0.2, -0.15) is 0 Å². The van der Waals surface area contributed by atoms with Crippen LogP contribution in [-0.2, 0) is 0 Å². The monoisotopic (exact) mass is 324 g/mol. The number of likely N-dealkylation sites (tertiary alicyclic amines) is 1. The van der Waals surface area contributed by atoms with Crippen molar-refractivity contribution in [1.82, 2.24) is 9.88 Å². The van der Waals surface area contributed by atoms with E-state index in [9.17, 15) is 4.79 Å². The molecule has 2 unspecified atom stereocenters. The van der Waals surface area contributed by atoms with Crippen molar-refractivity contribution in [2.24, 2.45) is 17.7 Å². The quantitative estimate of drug-likeness (QED) is 0.644. The Morgan fingerprint density at radius 1 is 1.42 bits per heavy atom. The maximum atomic E-state index is 12.6. The highest BCUT2D eigenvalue weighted by molar-refractivity contribution is 9.10. The van der Waals surface area contributed by atoms with Gasteiger partial charge in [0, 0.05) is 23.8 Å². The third kappa shape index (κ3) is 2.34. The standard InChI is InChI=1S/C13H17BrN4O/c14-10-4-11(12(17-15)16-5-10)13(19)18-6-8-2-1-3-9(8)7-18/h4-5,8-9H,1-3,6-7,15H2,(H,16,17). The fourth-order valence-electron chi connectivity index (χ4n) is 3.29. The van der Waals surface area contributed by atoms with Crippen LogP contribution < -0.4 is 11.3 Å². The average molecular weight is 325 g/mol. The zero-order valence-corrected chi connectivity index (χ0v) is 12.2. The number of fused-ring (bicyclic) bond motifs is 1. The molecular weight excluding hydrogens is 308 g/mol. The minimum Gasteiger partial charge on any atom is -0.338 e. The van der Waals surface area contributed by atoms with Gasteiger partial charge in [-0.25, -0.2) is 10.8 Å². The summed E-state index contributed by atoms with van der Waals surface area (Å²) in [7, 11) is 0. The van der Waals surface area contributed by atoms with Gasteiger partial charge >= 0.3 is 0 Å². The number of pyridine rings is 1. The van der Waals surface area contributed by atoms with Crippen LogP contribution in [0.5, 0.6) is 0 Å². The van der Waals surface area contributed by atoms with Crippen molar-refractivity contribution in [3.05, 3.63) is 22.3 Å². The number of amides is 1. The molecule has 2 atom stereocenters. The van der Waals surface area contributed by atoms with Crippen molar-refractivity contribution in [2.75, 3.05) is 18.5 Å². The first kappa shape index (κ1) is 12.9. The van der Waals surface area contributed by atoms with Crippen molar-refractivity contribution < 1.29 is 4.79 Å². The van der Waals surface area contributed by atoms with Crippen LogP contribution in [0.25, 0.3) is 0 Å². The van der Waals surface area contributed by atoms with Crippen molar-refractivity contribution in [1.29, 1.82) is 0 Å². The van der Waals surface area contributed by atoms with E-state index in [1.807, 2.05) is 4.90 Å². The van der Waals surface area contributed by atoms with E-state index in [-0.39, 0.29) is 5.91 Å². The summed E-state index contributed by atoms with van der Waals surface area (Å²) in [5, 5.41) is 0. The molecule has 19 heavy (non-hydrogen) atoms. The van der Waals surface area contributed by atoms with Crippen molar-refractivity contribution >= 4 is 27.7 Å². The molecule has 0 bridgehead atoms. The number of nitrogen functional groups attached to an aromatic ring is 1. The van der Waals surface area contributed by atoms with Gasteiger partial charge in [0.15, 0.2) is 5.82 Å². The second-order valence-electron chi connectivity index (χ2n) is 5.36. The SMILES string of the molecule is NNc1ncc(Br)cc1C(=O)N1CC2CCCC2C1. The van der Waals surface area contributed by atoms with Crippen molar-refractivity contribution in [3.63, 3.8) is 0 Å². The molecule has 1 aliphatic heterocycles. The Morgan fingerprint density at radius 3 is 2.74 bits per heavy atom. The second-order valence-corrected chi connectivity index (χ2v) is 6.27. The third-order valence-electron chi connectivity index (χ3n) is 4.23. The summed E-state index contributed by atoms with van der Waals surface area (Å²) in [6.45, 7) is 1.75. The molecule has 1 aliphatic carbocycles. The molecule has 1 aromatic rings. The minimum absolute atomic E-state index is 0.0242. The average Bonchev–Trinajstić information content (AvgIpc) is 2.98. The van der Waals surface area contributed by atoms with E-state index in [2.05, 4.69) is 26.3 Å². The van der Waals surface area contributed by atoms with E-state index in [0.717, 1.165) is 17.6 Å². The molecular formula is C13H17BrN4O. The molecule has 5 nitrogen and oxygen atoms in total. The number of carbonyl (C=O) groups is 1. The van der Waals surface area contributed by atoms with Gasteiger partial charge in [-0.15, -0.1) is 0 Å². The lowest BCUT2D eigenvalue weighted by Crippen LogP contribution is -2.30. The Hall–Kier alpha value is -1.14. The number of hydrogen-bond acceptors (Lipinski definition) is 4. The molecule has 1 amide bonds. The Balaban J connectivity index is 1.82. The van der Waals surface area contributed by atoms with E-state index >= 15 is 0 Å². The highest BCUT2D eigenvalue weighted by Gasteiger charge is 2.38. The number of hydrogen-bond donors (Lipinski definition) is 2. The lowest BCUT2D eigenvalue weighted by atomic mass is 10.0. The minimum atomic E-state index is 0.0242. The topological polar surface area (TPSA) is 71.2 Å². The number of rotatable bonds is 2. The maximum absolute atomic E-state index is 12.6. The molecule has 3 rings (SSSR count). The summed E-state index contributed by atoms with van der Waals surface area (Å²) in [4.78, 5) is 18.7. The van der Waals surface area contributed by atoms with Crippen LogP contribution >= 0.6 is 15.9 Å². The molecule has 0 radical (unpaired) electrons. The maximum Gasteiger partial charge on any atom is 0.257 e. The molecule has 102 valence electrons. The number of nitrogens with two attached hydrogens (primary N) is 1. The number of nitrogens with one attached hydrogen (secondary N) is 1. The largest absolute Gasteiger partial charge is 0.338 e. The van der Waals surface area contributed by atoms with Gasteiger partial charge in [0.2, 0.25) is 0 Å². The number of anilines is 1. The number of hydrazine groups is 1. The fourth-order valence-corrected chi connectivity index (χ4v) is 3.62. The summed E-state index contributed by atoms with van der Waals surface area (Å²) >= 11 is 3.35. The van der Waals surface area contributed by atoms with E-state index < -0.39 is 0 Å². The highest BCUT2D eigenvalue weighted by atomic mass is 79.9. The van der Waals surface area contributed by atoms with Gasteiger partial charge < -0.3 is 10.3 Å². The molecule has 2 heterocycles. The van der Waals surface area contributed by atoms with E-state index in [1.165, 1.54) is 19.3 Å². The first-order valence-electron chi connectivity index (χ1n) is 6.60. The first-order valence-corrected chi connectivity index (χ1v) is 7.39. The summed E-state index contributed by atoms with van der Waals surface area (Å²) in [5.41, 5.74) is 3.04. The zero-order valence-electron chi connectivity index (χ0n) is 10.6. The lowest BCUT2D eigenvalue weighted by Gasteiger charge is -2.18. The van der Waals surface area contributed by atoms with Crippen LogP contribution in [-0.4, -0.2) is 28.9 Å². The Morgan fingerprint density at radius 2 is 2.11 bits per heavy atom. The molecule has 2 fully saturated rings. The number of aromatic nitrogens is 1. The second kappa shape index (κ2) is 5.09. The van der Waals surface area contributed by atoms with Gasteiger partial charge in [-0.3, -0.25) is 4.79 Å². The van der Waals surface area contributed by atoms with Crippen molar-refractivity contribution in [2.45, 2.75) is 19.3 Å². The van der Waals surface area contributed by atoms with Crippen LogP contribution in [0.1, 0.15) is 29.6 Å². The van der Waals surface area contributed by atoms with Crippen LogP contribution in [0, 0.1) is 11.8 Å². The smallest absolute Gasteiger partial charge is 0.257 e. The summed E-state index contributed by atoms with van der Waals surface area (Å²) in [5.74, 6) is 7.28. The molecule has 6 heteroatoms. The van der Waals surface area contributed by atoms with Gasteiger partial charge in [0.05, 0.1) is 5.56 Å². The number of carbonyl (C=O) groups excluding carboxylic acids is 1. The molecule has 0 aromatic carbocycles. The molecule has 0 spiro atoms. The third-order valence-corrected chi connectivity index (χ3v) is 4.67. The Bertz CT molecular complexity index is 495. The van der Waals surface area contributed by atoms with Crippen LogP contribution in [0.2, 0.25) is 0 Å². The van der Waals surface area contributed by atoms with Gasteiger partial charge in [-0.1, -0.05) is 6.42 Å². The summed E-state index contributed by atoms with van der Waals surface area (Å²) < 4.78 is 0.786. The Kier molecular flexibility index (Phi) is 3.45. The normalized spacial score (nSPS) is 25.5. The summed E-state index contributed by atoms with van der Waals surface area (Å²) in [6, 6.07) is 1.78. The lowest BCUT2D eigenvalue weighted by molar-refractivity contribution is 0.0781. The van der Waals surface area contributed by atoms with E-state index in [0.29, 0.717) is 23.2 Å². The fraction of sp³-hybridized carbons (Fsp3) is 0.538. The van der Waals surface area contributed by atoms with E-state index in [1.54, 1.807) is 12.3 Å². The first-order chi connectivity index (χ1) is 9.19. The zero-order chi connectivity index (χ0) is 13.4. The predicted octanol–water partition coefficient (Wildman–Crippen LogP) is 2.00. The molecule has 2 aliphatic rings. The number of halogens is 1. The predicted molar refractivity (Wildman–Crippen MR) is 76.5 cm³/mol. The molecule has 1 aromatic heterocycles. The van der Waals surface area contributed by atoms with Gasteiger partial charge in [0.25, 0.3) is 5.91 Å². The van der Waals surface area contributed by atoms with Crippen molar-refractivity contribution in [3.8, 4) is 0 Å². The van der Waals surface area contributed by atoms with E-state index in [4.69, 9.17) is 5.84 Å². The van der Waals surface area contributed by atoms with Crippen LogP contribution in [0.4, 0.5) is 5.82 Å².